The number of carbonyl (C=O) groups is 1. The fourth-order valence-electron chi connectivity index (χ4n) is 2.70. The van der Waals surface area contributed by atoms with Crippen LogP contribution in [0.15, 0.2) is 58.8 Å². The van der Waals surface area contributed by atoms with Gasteiger partial charge in [-0.2, -0.15) is 9.78 Å². The van der Waals surface area contributed by atoms with E-state index in [2.05, 4.69) is 34.6 Å². The first kappa shape index (κ1) is 16.5. The fraction of sp³-hybridized carbons (Fsp3) is 0.158. The highest BCUT2D eigenvalue weighted by Crippen LogP contribution is 2.28. The Morgan fingerprint density at radius 1 is 1.04 bits per heavy atom. The molecular weight excluding hydrogens is 346 g/mol. The van der Waals surface area contributed by atoms with E-state index in [4.69, 9.17) is 5.10 Å². The first-order valence-corrected chi connectivity index (χ1v) is 9.20. The molecule has 3 aromatic rings. The van der Waals surface area contributed by atoms with E-state index in [1.807, 2.05) is 36.4 Å². The van der Waals surface area contributed by atoms with Crippen LogP contribution in [0.3, 0.4) is 0 Å². The molecule has 1 aliphatic heterocycles. The van der Waals surface area contributed by atoms with Gasteiger partial charge < -0.3 is 5.32 Å². The van der Waals surface area contributed by atoms with Crippen LogP contribution in [0.1, 0.15) is 18.1 Å². The molecule has 1 aromatic heterocycles. The van der Waals surface area contributed by atoms with E-state index in [1.54, 1.807) is 16.4 Å². The smallest absolute Gasteiger partial charge is 0.221 e. The minimum Gasteiger partial charge on any atom is -0.326 e. The van der Waals surface area contributed by atoms with Crippen molar-refractivity contribution in [1.82, 2.24) is 14.9 Å². The van der Waals surface area contributed by atoms with E-state index < -0.39 is 0 Å². The molecule has 2 heterocycles. The van der Waals surface area contributed by atoms with Crippen LogP contribution in [0.4, 0.5) is 5.69 Å². The topological polar surface area (TPSA) is 72.2 Å². The lowest BCUT2D eigenvalue weighted by atomic mass is 10.1. The molecule has 0 unspecified atom stereocenters. The van der Waals surface area contributed by atoms with Crippen LogP contribution in [0.5, 0.6) is 0 Å². The van der Waals surface area contributed by atoms with Gasteiger partial charge in [0, 0.05) is 23.9 Å². The van der Waals surface area contributed by atoms with Crippen LogP contribution in [-0.2, 0) is 4.79 Å². The number of hydrogen-bond donors (Lipinski definition) is 1. The largest absolute Gasteiger partial charge is 0.326 e. The van der Waals surface area contributed by atoms with Crippen molar-refractivity contribution in [2.45, 2.75) is 19.0 Å². The highest BCUT2D eigenvalue weighted by molar-refractivity contribution is 7.99. The quantitative estimate of drug-likeness (QED) is 0.772. The zero-order valence-corrected chi connectivity index (χ0v) is 15.2. The van der Waals surface area contributed by atoms with Crippen molar-refractivity contribution in [2.24, 2.45) is 5.10 Å². The number of anilines is 1. The lowest BCUT2D eigenvalue weighted by Crippen LogP contribution is -2.14. The third kappa shape index (κ3) is 3.25. The van der Waals surface area contributed by atoms with Gasteiger partial charge in [0.25, 0.3) is 0 Å². The lowest BCUT2D eigenvalue weighted by Gasteiger charge is -2.14. The molecule has 26 heavy (non-hydrogen) atoms. The van der Waals surface area contributed by atoms with Crippen molar-refractivity contribution in [1.29, 1.82) is 0 Å². The van der Waals surface area contributed by atoms with Crippen LogP contribution in [0.25, 0.3) is 11.4 Å². The van der Waals surface area contributed by atoms with Crippen LogP contribution in [0, 0.1) is 6.92 Å². The Morgan fingerprint density at radius 3 is 2.42 bits per heavy atom. The molecular formula is C19H17N5OS. The molecule has 1 aliphatic rings. The standard InChI is InChI=1S/C19H17N5OS/c1-12-3-5-15(6-4-12)18-21-22-19-24(18)23-17(11-26-19)14-7-9-16(10-8-14)20-13(2)25/h3-10H,11H2,1-2H3,(H,20,25). The lowest BCUT2D eigenvalue weighted by molar-refractivity contribution is -0.114. The van der Waals surface area contributed by atoms with E-state index in [9.17, 15) is 4.79 Å². The van der Waals surface area contributed by atoms with Crippen LogP contribution in [0.2, 0.25) is 0 Å². The Bertz CT molecular complexity index is 990. The number of nitrogens with one attached hydrogen (secondary N) is 1. The predicted octanol–water partition coefficient (Wildman–Crippen LogP) is 3.57. The van der Waals surface area contributed by atoms with Crippen LogP contribution < -0.4 is 5.32 Å². The number of nitrogens with zero attached hydrogens (tertiary/aromatic N) is 4. The fourth-order valence-corrected chi connectivity index (χ4v) is 3.54. The minimum atomic E-state index is -0.0832. The van der Waals surface area contributed by atoms with Gasteiger partial charge in [-0.05, 0) is 24.6 Å². The van der Waals surface area contributed by atoms with Gasteiger partial charge in [0.15, 0.2) is 5.82 Å². The molecule has 0 bridgehead atoms. The van der Waals surface area contributed by atoms with Crippen molar-refractivity contribution >= 4 is 29.1 Å². The maximum absolute atomic E-state index is 11.1. The molecule has 6 nitrogen and oxygen atoms in total. The van der Waals surface area contributed by atoms with E-state index in [-0.39, 0.29) is 5.91 Å². The van der Waals surface area contributed by atoms with Gasteiger partial charge in [-0.15, -0.1) is 10.2 Å². The molecule has 0 spiro atoms. The monoisotopic (exact) mass is 363 g/mol. The normalized spacial score (nSPS) is 13.1. The molecule has 0 aliphatic carbocycles. The molecule has 7 heteroatoms. The number of fused-ring (bicyclic) bond motifs is 1. The van der Waals surface area contributed by atoms with Crippen LogP contribution >= 0.6 is 11.8 Å². The maximum atomic E-state index is 11.1. The van der Waals surface area contributed by atoms with E-state index in [1.165, 1.54) is 12.5 Å². The van der Waals surface area contributed by atoms with Gasteiger partial charge in [0.1, 0.15) is 0 Å². The minimum absolute atomic E-state index is 0.0832. The van der Waals surface area contributed by atoms with E-state index >= 15 is 0 Å². The molecule has 4 rings (SSSR count). The summed E-state index contributed by atoms with van der Waals surface area (Å²) in [4.78, 5) is 11.1. The number of benzene rings is 2. The molecule has 1 amide bonds. The van der Waals surface area contributed by atoms with Gasteiger partial charge in [-0.3, -0.25) is 4.79 Å². The number of thioether (sulfide) groups is 1. The van der Waals surface area contributed by atoms with Crippen LogP contribution in [-0.4, -0.2) is 32.2 Å². The van der Waals surface area contributed by atoms with Gasteiger partial charge in [0.2, 0.25) is 11.1 Å². The molecule has 0 saturated heterocycles. The Morgan fingerprint density at radius 2 is 1.73 bits per heavy atom. The van der Waals surface area contributed by atoms with Gasteiger partial charge in [-0.1, -0.05) is 53.7 Å². The van der Waals surface area contributed by atoms with Crippen molar-refractivity contribution in [3.8, 4) is 11.4 Å². The molecule has 2 aromatic carbocycles. The van der Waals surface area contributed by atoms with Crippen molar-refractivity contribution in [3.63, 3.8) is 0 Å². The summed E-state index contributed by atoms with van der Waals surface area (Å²) in [6, 6.07) is 15.9. The third-order valence-electron chi connectivity index (χ3n) is 4.02. The number of rotatable bonds is 3. The van der Waals surface area contributed by atoms with Crippen molar-refractivity contribution in [2.75, 3.05) is 11.1 Å². The summed E-state index contributed by atoms with van der Waals surface area (Å²) in [5, 5.41) is 16.9. The first-order chi connectivity index (χ1) is 12.6. The summed E-state index contributed by atoms with van der Waals surface area (Å²) in [6.45, 7) is 3.55. The summed E-state index contributed by atoms with van der Waals surface area (Å²) >= 11 is 1.61. The highest BCUT2D eigenvalue weighted by Gasteiger charge is 2.20. The van der Waals surface area contributed by atoms with Crippen molar-refractivity contribution in [3.05, 3.63) is 59.7 Å². The Hall–Kier alpha value is -2.93. The summed E-state index contributed by atoms with van der Waals surface area (Å²) in [6.07, 6.45) is 0. The number of carbonyl (C=O) groups excluding carboxylic acids is 1. The SMILES string of the molecule is CC(=O)Nc1ccc(C2=Nn3c(nnc3-c3ccc(C)cc3)SC2)cc1. The highest BCUT2D eigenvalue weighted by atomic mass is 32.2. The number of amides is 1. The second kappa shape index (κ2) is 6.76. The average molecular weight is 363 g/mol. The number of aromatic nitrogens is 3. The first-order valence-electron chi connectivity index (χ1n) is 8.21. The molecule has 0 atom stereocenters. The summed E-state index contributed by atoms with van der Waals surface area (Å²) in [5.74, 6) is 1.38. The Labute approximate surface area is 155 Å². The maximum Gasteiger partial charge on any atom is 0.221 e. The average Bonchev–Trinajstić information content (AvgIpc) is 3.06. The van der Waals surface area contributed by atoms with Gasteiger partial charge in [-0.25, -0.2) is 0 Å². The van der Waals surface area contributed by atoms with E-state index in [0.717, 1.165) is 39.3 Å². The van der Waals surface area contributed by atoms with E-state index in [0.29, 0.717) is 0 Å². The Balaban J connectivity index is 1.67. The number of hydrogen-bond acceptors (Lipinski definition) is 5. The zero-order valence-electron chi connectivity index (χ0n) is 14.4. The Kier molecular flexibility index (Phi) is 4.30. The molecule has 130 valence electrons. The van der Waals surface area contributed by atoms with Crippen molar-refractivity contribution < 1.29 is 4.79 Å². The summed E-state index contributed by atoms with van der Waals surface area (Å²) < 4.78 is 1.80. The zero-order chi connectivity index (χ0) is 18.1. The molecule has 0 saturated carbocycles. The molecule has 1 N–H and O–H groups in total. The predicted molar refractivity (Wildman–Crippen MR) is 104 cm³/mol. The second-order valence-electron chi connectivity index (χ2n) is 6.08. The molecule has 0 radical (unpaired) electrons. The summed E-state index contributed by atoms with van der Waals surface area (Å²) in [5.41, 5.74) is 4.92. The van der Waals surface area contributed by atoms with Gasteiger partial charge >= 0.3 is 0 Å². The number of aryl methyl sites for hydroxylation is 1. The second-order valence-corrected chi connectivity index (χ2v) is 7.02. The third-order valence-corrected chi connectivity index (χ3v) is 4.95. The van der Waals surface area contributed by atoms with Gasteiger partial charge in [0.05, 0.1) is 5.71 Å². The summed E-state index contributed by atoms with van der Waals surface area (Å²) in [7, 11) is 0. The molecule has 0 fully saturated rings.